The lowest BCUT2D eigenvalue weighted by molar-refractivity contribution is -0.142. The molecule has 7 nitrogen and oxygen atoms in total. The maximum Gasteiger partial charge on any atom is 0.308 e. The SMILES string of the molecule is C[C@@H]1CN(C(=O)CCNS(=O)(=O)c2ccccc2)C[C@H]1C(=O)O. The number of benzene rings is 1. The van der Waals surface area contributed by atoms with E-state index in [4.69, 9.17) is 5.11 Å². The van der Waals surface area contributed by atoms with Crippen molar-refractivity contribution in [3.63, 3.8) is 0 Å². The molecule has 2 atom stereocenters. The summed E-state index contributed by atoms with van der Waals surface area (Å²) in [5.74, 6) is -1.80. The van der Waals surface area contributed by atoms with Gasteiger partial charge in [0.1, 0.15) is 0 Å². The van der Waals surface area contributed by atoms with Crippen LogP contribution in [0.5, 0.6) is 0 Å². The molecule has 1 aromatic rings. The summed E-state index contributed by atoms with van der Waals surface area (Å²) in [5, 5.41) is 9.06. The molecule has 0 bridgehead atoms. The Bertz CT molecular complexity index is 674. The molecule has 1 amide bonds. The largest absolute Gasteiger partial charge is 0.481 e. The normalized spacial score (nSPS) is 21.3. The minimum atomic E-state index is -3.63. The Morgan fingerprint density at radius 1 is 1.26 bits per heavy atom. The predicted octanol–water partition coefficient (Wildman–Crippen LogP) is 0.534. The first-order valence-electron chi connectivity index (χ1n) is 7.36. The van der Waals surface area contributed by atoms with Crippen molar-refractivity contribution in [3.05, 3.63) is 30.3 Å². The number of carboxylic acids is 1. The molecule has 0 radical (unpaired) electrons. The van der Waals surface area contributed by atoms with Gasteiger partial charge in [0.25, 0.3) is 0 Å². The Labute approximate surface area is 135 Å². The van der Waals surface area contributed by atoms with E-state index in [2.05, 4.69) is 4.72 Å². The van der Waals surface area contributed by atoms with E-state index >= 15 is 0 Å². The number of nitrogens with one attached hydrogen (secondary N) is 1. The number of carbonyl (C=O) groups excluding carboxylic acids is 1. The fraction of sp³-hybridized carbons (Fsp3) is 0.467. The number of likely N-dealkylation sites (tertiary alicyclic amines) is 1. The van der Waals surface area contributed by atoms with Gasteiger partial charge >= 0.3 is 5.97 Å². The third-order valence-corrected chi connectivity index (χ3v) is 5.44. The summed E-state index contributed by atoms with van der Waals surface area (Å²) in [6.07, 6.45) is 0.00508. The number of carboxylic acid groups (broad SMARTS) is 1. The van der Waals surface area contributed by atoms with Crippen molar-refractivity contribution in [1.29, 1.82) is 0 Å². The van der Waals surface area contributed by atoms with Crippen LogP contribution in [0, 0.1) is 11.8 Å². The Morgan fingerprint density at radius 2 is 1.91 bits per heavy atom. The first kappa shape index (κ1) is 17.4. The van der Waals surface area contributed by atoms with Gasteiger partial charge in [0.15, 0.2) is 0 Å². The Balaban J connectivity index is 1.85. The molecule has 1 heterocycles. The number of carbonyl (C=O) groups is 2. The minimum absolute atomic E-state index is 0.00508. The molecular weight excluding hydrogens is 320 g/mol. The molecule has 2 N–H and O–H groups in total. The average Bonchev–Trinajstić information content (AvgIpc) is 2.90. The molecule has 1 saturated heterocycles. The smallest absolute Gasteiger partial charge is 0.308 e. The zero-order valence-electron chi connectivity index (χ0n) is 12.8. The zero-order chi connectivity index (χ0) is 17.0. The summed E-state index contributed by atoms with van der Waals surface area (Å²) in [5.41, 5.74) is 0. The van der Waals surface area contributed by atoms with Crippen molar-refractivity contribution in [2.45, 2.75) is 18.2 Å². The molecule has 126 valence electrons. The number of amides is 1. The lowest BCUT2D eigenvalue weighted by Gasteiger charge is -2.16. The highest BCUT2D eigenvalue weighted by Crippen LogP contribution is 2.23. The number of nitrogens with zero attached hydrogens (tertiary/aromatic N) is 1. The van der Waals surface area contributed by atoms with Gasteiger partial charge in [-0.15, -0.1) is 0 Å². The van der Waals surface area contributed by atoms with Crippen LogP contribution in [-0.4, -0.2) is 49.9 Å². The van der Waals surface area contributed by atoms with E-state index in [-0.39, 0.29) is 36.2 Å². The summed E-state index contributed by atoms with van der Waals surface area (Å²) in [4.78, 5) is 24.8. The monoisotopic (exact) mass is 340 g/mol. The molecule has 0 spiro atoms. The highest BCUT2D eigenvalue weighted by atomic mass is 32.2. The van der Waals surface area contributed by atoms with E-state index in [1.54, 1.807) is 25.1 Å². The quantitative estimate of drug-likeness (QED) is 0.786. The summed E-state index contributed by atoms with van der Waals surface area (Å²) in [6.45, 7) is 2.35. The summed E-state index contributed by atoms with van der Waals surface area (Å²) >= 11 is 0. The van der Waals surface area contributed by atoms with E-state index in [9.17, 15) is 18.0 Å². The van der Waals surface area contributed by atoms with Crippen molar-refractivity contribution in [2.24, 2.45) is 11.8 Å². The Morgan fingerprint density at radius 3 is 2.48 bits per heavy atom. The van der Waals surface area contributed by atoms with Gasteiger partial charge < -0.3 is 10.0 Å². The standard InChI is InChI=1S/C15H20N2O5S/c1-11-9-17(10-13(11)15(19)20)14(18)7-8-16-23(21,22)12-5-3-2-4-6-12/h2-6,11,13,16H,7-10H2,1H3,(H,19,20)/t11-,13-/m1/s1. The molecule has 1 aliphatic rings. The molecular formula is C15H20N2O5S. The second-order valence-electron chi connectivity index (χ2n) is 5.68. The lowest BCUT2D eigenvalue weighted by Crippen LogP contribution is -2.33. The fourth-order valence-electron chi connectivity index (χ4n) is 2.63. The molecule has 0 aliphatic carbocycles. The molecule has 0 aromatic heterocycles. The van der Waals surface area contributed by atoms with E-state index in [1.807, 2.05) is 0 Å². The van der Waals surface area contributed by atoms with Gasteiger partial charge in [0.05, 0.1) is 10.8 Å². The van der Waals surface area contributed by atoms with Crippen molar-refractivity contribution in [3.8, 4) is 0 Å². The van der Waals surface area contributed by atoms with Crippen LogP contribution in [-0.2, 0) is 19.6 Å². The molecule has 1 aromatic carbocycles. The van der Waals surface area contributed by atoms with Crippen LogP contribution in [0.4, 0.5) is 0 Å². The number of hydrogen-bond acceptors (Lipinski definition) is 4. The van der Waals surface area contributed by atoms with Crippen LogP contribution in [0.25, 0.3) is 0 Å². The highest BCUT2D eigenvalue weighted by Gasteiger charge is 2.36. The van der Waals surface area contributed by atoms with Gasteiger partial charge in [-0.2, -0.15) is 0 Å². The lowest BCUT2D eigenvalue weighted by atomic mass is 9.99. The summed E-state index contributed by atoms with van der Waals surface area (Å²) < 4.78 is 26.4. The van der Waals surface area contributed by atoms with Gasteiger partial charge in [-0.05, 0) is 18.1 Å². The van der Waals surface area contributed by atoms with Crippen LogP contribution < -0.4 is 4.72 Å². The molecule has 1 aliphatic heterocycles. The molecule has 0 unspecified atom stereocenters. The third kappa shape index (κ3) is 4.29. The molecule has 0 saturated carbocycles. The van der Waals surface area contributed by atoms with Gasteiger partial charge in [-0.25, -0.2) is 13.1 Å². The minimum Gasteiger partial charge on any atom is -0.481 e. The van der Waals surface area contributed by atoms with Crippen molar-refractivity contribution in [1.82, 2.24) is 9.62 Å². The van der Waals surface area contributed by atoms with E-state index in [1.165, 1.54) is 17.0 Å². The molecule has 8 heteroatoms. The van der Waals surface area contributed by atoms with Gasteiger partial charge in [0.2, 0.25) is 15.9 Å². The van der Waals surface area contributed by atoms with Gasteiger partial charge in [-0.3, -0.25) is 9.59 Å². The first-order valence-corrected chi connectivity index (χ1v) is 8.85. The number of rotatable bonds is 6. The van der Waals surface area contributed by atoms with Crippen molar-refractivity contribution >= 4 is 21.9 Å². The van der Waals surface area contributed by atoms with Crippen LogP contribution in [0.3, 0.4) is 0 Å². The number of hydrogen-bond donors (Lipinski definition) is 2. The van der Waals surface area contributed by atoms with Crippen molar-refractivity contribution < 1.29 is 23.1 Å². The van der Waals surface area contributed by atoms with Gasteiger partial charge in [-0.1, -0.05) is 25.1 Å². The summed E-state index contributed by atoms with van der Waals surface area (Å²) in [6, 6.07) is 7.91. The second kappa shape index (κ2) is 7.10. The van der Waals surface area contributed by atoms with E-state index in [0.29, 0.717) is 6.54 Å². The number of aliphatic carboxylic acids is 1. The van der Waals surface area contributed by atoms with E-state index < -0.39 is 21.9 Å². The number of sulfonamides is 1. The third-order valence-electron chi connectivity index (χ3n) is 3.97. The fourth-order valence-corrected chi connectivity index (χ4v) is 3.68. The highest BCUT2D eigenvalue weighted by molar-refractivity contribution is 7.89. The van der Waals surface area contributed by atoms with Crippen LogP contribution >= 0.6 is 0 Å². The maximum absolute atomic E-state index is 12.1. The van der Waals surface area contributed by atoms with Crippen molar-refractivity contribution in [2.75, 3.05) is 19.6 Å². The summed E-state index contributed by atoms with van der Waals surface area (Å²) in [7, 11) is -3.63. The average molecular weight is 340 g/mol. The zero-order valence-corrected chi connectivity index (χ0v) is 13.6. The topological polar surface area (TPSA) is 104 Å². The molecule has 1 fully saturated rings. The molecule has 23 heavy (non-hydrogen) atoms. The Hall–Kier alpha value is -1.93. The van der Waals surface area contributed by atoms with Crippen LogP contribution in [0.15, 0.2) is 35.2 Å². The van der Waals surface area contributed by atoms with Crippen LogP contribution in [0.1, 0.15) is 13.3 Å². The maximum atomic E-state index is 12.1. The van der Waals surface area contributed by atoms with E-state index in [0.717, 1.165) is 0 Å². The Kier molecular flexibility index (Phi) is 5.38. The first-order chi connectivity index (χ1) is 10.8. The van der Waals surface area contributed by atoms with Gasteiger partial charge in [0, 0.05) is 26.1 Å². The second-order valence-corrected chi connectivity index (χ2v) is 7.45. The van der Waals surface area contributed by atoms with Crippen LogP contribution in [0.2, 0.25) is 0 Å². The predicted molar refractivity (Wildman–Crippen MR) is 83.1 cm³/mol. The molecule has 2 rings (SSSR count).